The first-order valence-corrected chi connectivity index (χ1v) is 9.43. The lowest BCUT2D eigenvalue weighted by Gasteiger charge is -2.34. The zero-order chi connectivity index (χ0) is 18.7. The number of rotatable bonds is 4. The van der Waals surface area contributed by atoms with Gasteiger partial charge in [-0.3, -0.25) is 14.4 Å². The molecule has 1 fully saturated rings. The lowest BCUT2D eigenvalue weighted by Crippen LogP contribution is -2.48. The van der Waals surface area contributed by atoms with Gasteiger partial charge in [-0.05, 0) is 31.9 Å². The third-order valence-electron chi connectivity index (χ3n) is 5.35. The summed E-state index contributed by atoms with van der Waals surface area (Å²) in [6.07, 6.45) is 5.47. The highest BCUT2D eigenvalue weighted by Crippen LogP contribution is 2.32. The number of nitrogens with one attached hydrogen (secondary N) is 1. The Morgan fingerprint density at radius 3 is 2.50 bits per heavy atom. The molecule has 0 saturated heterocycles. The molecule has 6 nitrogen and oxygen atoms in total. The van der Waals surface area contributed by atoms with E-state index in [0.717, 1.165) is 37.1 Å². The van der Waals surface area contributed by atoms with Crippen molar-refractivity contribution in [1.29, 1.82) is 0 Å². The molecule has 1 atom stereocenters. The lowest BCUT2D eigenvalue weighted by molar-refractivity contribution is -0.127. The predicted molar refractivity (Wildman–Crippen MR) is 101 cm³/mol. The second-order valence-electron chi connectivity index (χ2n) is 7.37. The Morgan fingerprint density at radius 1 is 1.15 bits per heavy atom. The summed E-state index contributed by atoms with van der Waals surface area (Å²) in [6.45, 7) is 1.89. The summed E-state index contributed by atoms with van der Waals surface area (Å²) in [6, 6.07) is 7.14. The minimum Gasteiger partial charge on any atom is -0.353 e. The number of anilines is 2. The first-order chi connectivity index (χ1) is 12.5. The van der Waals surface area contributed by atoms with Crippen LogP contribution in [0.15, 0.2) is 24.3 Å². The molecule has 1 heterocycles. The van der Waals surface area contributed by atoms with Gasteiger partial charge in [0.05, 0.1) is 11.4 Å². The molecule has 1 aromatic rings. The van der Waals surface area contributed by atoms with Gasteiger partial charge in [-0.15, -0.1) is 0 Å². The van der Waals surface area contributed by atoms with Crippen LogP contribution in [-0.4, -0.2) is 37.4 Å². The molecule has 3 rings (SSSR count). The van der Waals surface area contributed by atoms with Crippen molar-refractivity contribution in [1.82, 2.24) is 5.32 Å². The smallest absolute Gasteiger partial charge is 0.246 e. The van der Waals surface area contributed by atoms with Crippen molar-refractivity contribution < 1.29 is 14.4 Å². The highest BCUT2D eigenvalue weighted by atomic mass is 16.2. The average molecular weight is 357 g/mol. The molecule has 1 unspecified atom stereocenters. The van der Waals surface area contributed by atoms with Crippen LogP contribution in [0.25, 0.3) is 0 Å². The van der Waals surface area contributed by atoms with E-state index in [1.807, 2.05) is 31.2 Å². The van der Waals surface area contributed by atoms with E-state index in [1.165, 1.54) is 11.3 Å². The number of amides is 3. The van der Waals surface area contributed by atoms with Crippen LogP contribution in [0.5, 0.6) is 0 Å². The van der Waals surface area contributed by atoms with Gasteiger partial charge in [0.25, 0.3) is 0 Å². The van der Waals surface area contributed by atoms with Gasteiger partial charge in [0.2, 0.25) is 17.7 Å². The van der Waals surface area contributed by atoms with E-state index in [4.69, 9.17) is 0 Å². The molecule has 1 aromatic carbocycles. The summed E-state index contributed by atoms with van der Waals surface area (Å²) in [7, 11) is 1.72. The zero-order valence-corrected chi connectivity index (χ0v) is 15.5. The number of benzene rings is 1. The molecule has 1 aliphatic heterocycles. The highest BCUT2D eigenvalue weighted by Gasteiger charge is 2.31. The third-order valence-corrected chi connectivity index (χ3v) is 5.35. The van der Waals surface area contributed by atoms with Gasteiger partial charge in [0.15, 0.2) is 0 Å². The van der Waals surface area contributed by atoms with Crippen molar-refractivity contribution >= 4 is 29.1 Å². The molecule has 0 spiro atoms. The molecule has 140 valence electrons. The number of nitrogens with zero attached hydrogens (tertiary/aromatic N) is 2. The fraction of sp³-hybridized carbons (Fsp3) is 0.550. The summed E-state index contributed by atoms with van der Waals surface area (Å²) in [5.41, 5.74) is 1.47. The number of para-hydroxylation sites is 2. The Labute approximate surface area is 154 Å². The Bertz CT molecular complexity index is 697. The monoisotopic (exact) mass is 357 g/mol. The third kappa shape index (κ3) is 3.89. The average Bonchev–Trinajstić information content (AvgIpc) is 2.65. The van der Waals surface area contributed by atoms with E-state index >= 15 is 0 Å². The second kappa shape index (κ2) is 7.89. The van der Waals surface area contributed by atoms with E-state index < -0.39 is 0 Å². The van der Waals surface area contributed by atoms with Gasteiger partial charge in [-0.25, -0.2) is 0 Å². The Balaban J connectivity index is 1.63. The van der Waals surface area contributed by atoms with E-state index in [-0.39, 0.29) is 42.6 Å². The van der Waals surface area contributed by atoms with Crippen LogP contribution in [0.4, 0.5) is 11.4 Å². The van der Waals surface area contributed by atoms with E-state index in [0.29, 0.717) is 0 Å². The number of likely N-dealkylation sites (N-methyl/N-ethyl adjacent to an activating group) is 1. The molecule has 0 bridgehead atoms. The fourth-order valence-electron chi connectivity index (χ4n) is 3.81. The van der Waals surface area contributed by atoms with Gasteiger partial charge >= 0.3 is 0 Å². The largest absolute Gasteiger partial charge is 0.353 e. The van der Waals surface area contributed by atoms with Gasteiger partial charge < -0.3 is 15.1 Å². The van der Waals surface area contributed by atoms with Crippen molar-refractivity contribution in [2.24, 2.45) is 5.92 Å². The summed E-state index contributed by atoms with van der Waals surface area (Å²) >= 11 is 0. The topological polar surface area (TPSA) is 69.7 Å². The summed E-state index contributed by atoms with van der Waals surface area (Å²) in [5, 5.41) is 2.98. The summed E-state index contributed by atoms with van der Waals surface area (Å²) in [4.78, 5) is 40.5. The highest BCUT2D eigenvalue weighted by molar-refractivity contribution is 6.10. The normalized spacial score (nSPS) is 19.1. The van der Waals surface area contributed by atoms with Gasteiger partial charge in [-0.1, -0.05) is 31.4 Å². The minimum atomic E-state index is -0.251. The van der Waals surface area contributed by atoms with E-state index in [1.54, 1.807) is 11.9 Å². The van der Waals surface area contributed by atoms with Crippen LogP contribution in [0.1, 0.15) is 45.4 Å². The Kier molecular flexibility index (Phi) is 5.59. The summed E-state index contributed by atoms with van der Waals surface area (Å²) in [5.74, 6) is -0.126. The molecule has 1 aliphatic carbocycles. The maximum Gasteiger partial charge on any atom is 0.246 e. The van der Waals surface area contributed by atoms with Crippen molar-refractivity contribution in [2.75, 3.05) is 23.4 Å². The maximum atomic E-state index is 12.8. The van der Waals surface area contributed by atoms with Crippen LogP contribution in [-0.2, 0) is 14.4 Å². The molecular weight excluding hydrogens is 330 g/mol. The number of hydrogen-bond donors (Lipinski definition) is 1. The number of fused-ring (bicyclic) bond motifs is 1. The molecule has 0 aromatic heterocycles. The van der Waals surface area contributed by atoms with Crippen LogP contribution in [0.3, 0.4) is 0 Å². The molecule has 0 radical (unpaired) electrons. The molecule has 1 saturated carbocycles. The maximum absolute atomic E-state index is 12.8. The second-order valence-corrected chi connectivity index (χ2v) is 7.37. The van der Waals surface area contributed by atoms with Gasteiger partial charge in [0, 0.05) is 25.4 Å². The minimum absolute atomic E-state index is 0.0373. The van der Waals surface area contributed by atoms with Crippen molar-refractivity contribution in [3.63, 3.8) is 0 Å². The van der Waals surface area contributed by atoms with Gasteiger partial charge in [-0.2, -0.15) is 0 Å². The first kappa shape index (κ1) is 18.4. The van der Waals surface area contributed by atoms with Gasteiger partial charge in [0.1, 0.15) is 6.54 Å². The lowest BCUT2D eigenvalue weighted by atomic mass is 9.88. The van der Waals surface area contributed by atoms with Crippen LogP contribution in [0.2, 0.25) is 0 Å². The molecule has 1 N–H and O–H groups in total. The van der Waals surface area contributed by atoms with Crippen molar-refractivity contribution in [3.05, 3.63) is 24.3 Å². The van der Waals surface area contributed by atoms with Crippen LogP contribution in [0, 0.1) is 5.92 Å². The molecule has 2 aliphatic rings. The first-order valence-electron chi connectivity index (χ1n) is 9.43. The number of carbonyl (C=O) groups is 3. The summed E-state index contributed by atoms with van der Waals surface area (Å²) < 4.78 is 0. The fourth-order valence-corrected chi connectivity index (χ4v) is 3.81. The van der Waals surface area contributed by atoms with E-state index in [2.05, 4.69) is 5.32 Å². The van der Waals surface area contributed by atoms with Crippen LogP contribution < -0.4 is 15.1 Å². The van der Waals surface area contributed by atoms with E-state index in [9.17, 15) is 14.4 Å². The zero-order valence-electron chi connectivity index (χ0n) is 15.5. The number of carbonyl (C=O) groups excluding carboxylic acids is 3. The predicted octanol–water partition coefficient (Wildman–Crippen LogP) is 2.47. The quantitative estimate of drug-likeness (QED) is 0.900. The number of hydrogen-bond acceptors (Lipinski definition) is 3. The Morgan fingerprint density at radius 2 is 1.81 bits per heavy atom. The Hall–Kier alpha value is -2.37. The van der Waals surface area contributed by atoms with Crippen molar-refractivity contribution in [2.45, 2.75) is 51.5 Å². The molecular formula is C20H27N3O3. The SMILES string of the molecule is CC(CC(=O)N1CC(=O)N(C)c2ccccc21)NC(=O)C1CCCCC1. The molecule has 26 heavy (non-hydrogen) atoms. The molecule has 3 amide bonds. The van der Waals surface area contributed by atoms with Crippen molar-refractivity contribution in [3.8, 4) is 0 Å². The molecule has 6 heteroatoms. The standard InChI is InChI=1S/C20H27N3O3/c1-14(21-20(26)15-8-4-3-5-9-15)12-18(24)23-13-19(25)22(2)16-10-6-7-11-17(16)23/h6-7,10-11,14-15H,3-5,8-9,12-13H2,1-2H3,(H,21,26). The van der Waals surface area contributed by atoms with Crippen LogP contribution >= 0.6 is 0 Å².